The van der Waals surface area contributed by atoms with Gasteiger partial charge >= 0.3 is 0 Å². The lowest BCUT2D eigenvalue weighted by atomic mass is 9.93. The second kappa shape index (κ2) is 7.45. The molecule has 23 heavy (non-hydrogen) atoms. The molecule has 0 aliphatic carbocycles. The molecule has 3 rings (SSSR count). The van der Waals surface area contributed by atoms with Crippen LogP contribution in [0.4, 0.5) is 0 Å². The SMILES string of the molecule is CCN(CCOC)C(=O)[C@H]1C[C@@H](c2ccccc2)N2CCC[C@H]12. The molecule has 0 radical (unpaired) electrons. The number of hydrogen-bond donors (Lipinski definition) is 0. The maximum Gasteiger partial charge on any atom is 0.227 e. The van der Waals surface area contributed by atoms with E-state index >= 15 is 0 Å². The molecule has 0 aromatic heterocycles. The molecule has 2 heterocycles. The van der Waals surface area contributed by atoms with Crippen molar-refractivity contribution in [3.63, 3.8) is 0 Å². The minimum atomic E-state index is 0.138. The number of fused-ring (bicyclic) bond motifs is 1. The van der Waals surface area contributed by atoms with Crippen LogP contribution in [0.1, 0.15) is 37.8 Å². The number of ether oxygens (including phenoxy) is 1. The van der Waals surface area contributed by atoms with E-state index in [0.717, 1.165) is 25.9 Å². The van der Waals surface area contributed by atoms with Gasteiger partial charge in [0.2, 0.25) is 5.91 Å². The molecule has 0 saturated carbocycles. The van der Waals surface area contributed by atoms with Crippen LogP contribution in [0.25, 0.3) is 0 Å². The van der Waals surface area contributed by atoms with Gasteiger partial charge in [0.1, 0.15) is 0 Å². The highest BCUT2D eigenvalue weighted by Gasteiger charge is 2.47. The predicted octanol–water partition coefficient (Wildman–Crippen LogP) is 2.71. The summed E-state index contributed by atoms with van der Waals surface area (Å²) in [6.45, 7) is 5.26. The highest BCUT2D eigenvalue weighted by atomic mass is 16.5. The highest BCUT2D eigenvalue weighted by molar-refractivity contribution is 5.80. The van der Waals surface area contributed by atoms with E-state index in [9.17, 15) is 4.79 Å². The Kier molecular flexibility index (Phi) is 5.34. The van der Waals surface area contributed by atoms with Crippen molar-refractivity contribution < 1.29 is 9.53 Å². The number of amides is 1. The Morgan fingerprint density at radius 1 is 1.35 bits per heavy atom. The summed E-state index contributed by atoms with van der Waals surface area (Å²) < 4.78 is 5.16. The van der Waals surface area contributed by atoms with E-state index in [1.165, 1.54) is 12.0 Å². The molecule has 2 aliphatic heterocycles. The van der Waals surface area contributed by atoms with Gasteiger partial charge in [0, 0.05) is 32.3 Å². The highest BCUT2D eigenvalue weighted by Crippen LogP contribution is 2.45. The first-order valence-electron chi connectivity index (χ1n) is 8.84. The first-order valence-corrected chi connectivity index (χ1v) is 8.84. The minimum Gasteiger partial charge on any atom is -0.383 e. The topological polar surface area (TPSA) is 32.8 Å². The van der Waals surface area contributed by atoms with E-state index in [-0.39, 0.29) is 5.92 Å². The molecule has 1 amide bonds. The van der Waals surface area contributed by atoms with Crippen molar-refractivity contribution in [2.24, 2.45) is 5.92 Å². The zero-order valence-corrected chi connectivity index (χ0v) is 14.3. The average Bonchev–Trinajstić information content (AvgIpc) is 3.18. The lowest BCUT2D eigenvalue weighted by Gasteiger charge is -2.27. The van der Waals surface area contributed by atoms with Gasteiger partial charge in [-0.05, 0) is 38.3 Å². The van der Waals surface area contributed by atoms with Gasteiger partial charge in [-0.1, -0.05) is 30.3 Å². The molecule has 1 aromatic rings. The third-order valence-corrected chi connectivity index (χ3v) is 5.44. The molecule has 126 valence electrons. The summed E-state index contributed by atoms with van der Waals surface area (Å²) in [7, 11) is 1.69. The Morgan fingerprint density at radius 3 is 2.83 bits per heavy atom. The quantitative estimate of drug-likeness (QED) is 0.809. The second-order valence-electron chi connectivity index (χ2n) is 6.63. The average molecular weight is 316 g/mol. The summed E-state index contributed by atoms with van der Waals surface area (Å²) in [5.41, 5.74) is 1.36. The molecule has 0 spiro atoms. The molecule has 0 unspecified atom stereocenters. The normalized spacial score (nSPS) is 27.1. The number of likely N-dealkylation sites (N-methyl/N-ethyl adjacent to an activating group) is 1. The van der Waals surface area contributed by atoms with Crippen LogP contribution >= 0.6 is 0 Å². The molecule has 2 aliphatic rings. The van der Waals surface area contributed by atoms with Crippen molar-refractivity contribution in [2.45, 2.75) is 38.3 Å². The molecule has 1 aromatic carbocycles. The van der Waals surface area contributed by atoms with Gasteiger partial charge in [-0.25, -0.2) is 0 Å². The Hall–Kier alpha value is -1.39. The number of carbonyl (C=O) groups excluding carboxylic acids is 1. The van der Waals surface area contributed by atoms with E-state index in [2.05, 4.69) is 42.2 Å². The minimum absolute atomic E-state index is 0.138. The van der Waals surface area contributed by atoms with Crippen LogP contribution in [0.2, 0.25) is 0 Å². The maximum absolute atomic E-state index is 13.0. The summed E-state index contributed by atoms with van der Waals surface area (Å²) in [6.07, 6.45) is 3.32. The van der Waals surface area contributed by atoms with Gasteiger partial charge in [-0.15, -0.1) is 0 Å². The number of benzene rings is 1. The van der Waals surface area contributed by atoms with Gasteiger partial charge in [0.05, 0.1) is 12.5 Å². The van der Waals surface area contributed by atoms with E-state index < -0.39 is 0 Å². The van der Waals surface area contributed by atoms with Gasteiger partial charge < -0.3 is 9.64 Å². The number of rotatable bonds is 6. The van der Waals surface area contributed by atoms with Crippen LogP contribution in [0.3, 0.4) is 0 Å². The van der Waals surface area contributed by atoms with Gasteiger partial charge in [0.25, 0.3) is 0 Å². The number of methoxy groups -OCH3 is 1. The van der Waals surface area contributed by atoms with Crippen molar-refractivity contribution in [1.29, 1.82) is 0 Å². The lowest BCUT2D eigenvalue weighted by Crippen LogP contribution is -2.42. The largest absolute Gasteiger partial charge is 0.383 e. The lowest BCUT2D eigenvalue weighted by molar-refractivity contribution is -0.136. The Balaban J connectivity index is 1.76. The number of hydrogen-bond acceptors (Lipinski definition) is 3. The van der Waals surface area contributed by atoms with Crippen molar-refractivity contribution >= 4 is 5.91 Å². The summed E-state index contributed by atoms with van der Waals surface area (Å²) in [5, 5.41) is 0. The first kappa shape index (κ1) is 16.5. The molecular formula is C19H28N2O2. The van der Waals surface area contributed by atoms with Crippen molar-refractivity contribution in [3.8, 4) is 0 Å². The van der Waals surface area contributed by atoms with Crippen LogP contribution < -0.4 is 0 Å². The van der Waals surface area contributed by atoms with E-state index in [0.29, 0.717) is 31.1 Å². The van der Waals surface area contributed by atoms with Gasteiger partial charge in [-0.2, -0.15) is 0 Å². The third-order valence-electron chi connectivity index (χ3n) is 5.44. The Bertz CT molecular complexity index is 519. The van der Waals surface area contributed by atoms with Gasteiger partial charge in [0.15, 0.2) is 0 Å². The van der Waals surface area contributed by atoms with E-state index in [4.69, 9.17) is 4.74 Å². The molecule has 3 atom stereocenters. The molecule has 4 heteroatoms. The Morgan fingerprint density at radius 2 is 2.13 bits per heavy atom. The first-order chi connectivity index (χ1) is 11.3. The predicted molar refractivity (Wildman–Crippen MR) is 91.1 cm³/mol. The van der Waals surface area contributed by atoms with Crippen molar-refractivity contribution in [1.82, 2.24) is 9.80 Å². The molecule has 0 bridgehead atoms. The van der Waals surface area contributed by atoms with Crippen LogP contribution in [0, 0.1) is 5.92 Å². The van der Waals surface area contributed by atoms with Crippen LogP contribution in [0.5, 0.6) is 0 Å². The summed E-state index contributed by atoms with van der Waals surface area (Å²) in [4.78, 5) is 17.6. The van der Waals surface area contributed by atoms with Crippen LogP contribution in [0.15, 0.2) is 30.3 Å². The van der Waals surface area contributed by atoms with Crippen LogP contribution in [-0.4, -0.2) is 55.1 Å². The van der Waals surface area contributed by atoms with Crippen molar-refractivity contribution in [2.75, 3.05) is 33.4 Å². The molecule has 2 saturated heterocycles. The van der Waals surface area contributed by atoms with E-state index in [1.807, 2.05) is 4.90 Å². The number of carbonyl (C=O) groups is 1. The van der Waals surface area contributed by atoms with Crippen LogP contribution in [-0.2, 0) is 9.53 Å². The van der Waals surface area contributed by atoms with E-state index in [1.54, 1.807) is 7.11 Å². The fourth-order valence-corrected chi connectivity index (χ4v) is 4.30. The molecule has 2 fully saturated rings. The third kappa shape index (κ3) is 3.29. The fourth-order valence-electron chi connectivity index (χ4n) is 4.30. The fraction of sp³-hybridized carbons (Fsp3) is 0.632. The summed E-state index contributed by atoms with van der Waals surface area (Å²) in [6, 6.07) is 11.5. The summed E-state index contributed by atoms with van der Waals surface area (Å²) in [5.74, 6) is 0.458. The molecule has 4 nitrogen and oxygen atoms in total. The maximum atomic E-state index is 13.0. The van der Waals surface area contributed by atoms with Gasteiger partial charge in [-0.3, -0.25) is 9.69 Å². The smallest absolute Gasteiger partial charge is 0.227 e. The number of nitrogens with zero attached hydrogens (tertiary/aromatic N) is 2. The standard InChI is InChI=1S/C19H28N2O2/c1-3-20(12-13-23-2)19(22)16-14-18(15-8-5-4-6-9-15)21-11-7-10-17(16)21/h4-6,8-9,16-18H,3,7,10-14H2,1-2H3/t16-,17+,18-/m0/s1. The summed E-state index contributed by atoms with van der Waals surface area (Å²) >= 11 is 0. The molecular weight excluding hydrogens is 288 g/mol. The Labute approximate surface area is 139 Å². The van der Waals surface area contributed by atoms with Crippen molar-refractivity contribution in [3.05, 3.63) is 35.9 Å². The monoisotopic (exact) mass is 316 g/mol. The zero-order valence-electron chi connectivity index (χ0n) is 14.3. The zero-order chi connectivity index (χ0) is 16.2. The molecule has 0 N–H and O–H groups in total. The second-order valence-corrected chi connectivity index (χ2v) is 6.63.